The Hall–Kier alpha value is -3.24. The molecule has 0 fully saturated rings. The van der Waals surface area contributed by atoms with Crippen LogP contribution in [-0.2, 0) is 24.3 Å². The minimum Gasteiger partial charge on any atom is -0.456 e. The number of rotatable bonds is 11. The van der Waals surface area contributed by atoms with Gasteiger partial charge in [-0.25, -0.2) is 13.1 Å². The lowest BCUT2D eigenvalue weighted by Gasteiger charge is -2.12. The molecular weight excluding hydrogens is 446 g/mol. The van der Waals surface area contributed by atoms with E-state index < -0.39 is 28.5 Å². The molecule has 9 nitrogen and oxygen atoms in total. The maximum Gasteiger partial charge on any atom is 0.307 e. The van der Waals surface area contributed by atoms with Gasteiger partial charge in [0.2, 0.25) is 10.0 Å². The third-order valence-electron chi connectivity index (χ3n) is 4.43. The van der Waals surface area contributed by atoms with Crippen molar-refractivity contribution in [1.29, 1.82) is 0 Å². The standard InChI is InChI=1S/C23H29N3O6S/c1-16(2)14-24-23(29)19-6-4-5-7-20(19)26-21(27)15-32-22(28)12-13-25-33(30,31)18-10-8-17(3)9-11-18/h4-11,16,25H,12-15H2,1-3H3,(H,24,29)(H,26,27). The first kappa shape index (κ1) is 26.0. The average Bonchev–Trinajstić information content (AvgIpc) is 2.76. The van der Waals surface area contributed by atoms with E-state index in [4.69, 9.17) is 4.74 Å². The van der Waals surface area contributed by atoms with Gasteiger partial charge in [-0.05, 0) is 37.1 Å². The summed E-state index contributed by atoms with van der Waals surface area (Å²) in [6.07, 6.45) is -0.243. The van der Waals surface area contributed by atoms with Gasteiger partial charge in [-0.1, -0.05) is 43.7 Å². The zero-order valence-electron chi connectivity index (χ0n) is 18.9. The number of nitrogens with one attached hydrogen (secondary N) is 3. The molecule has 2 rings (SSSR count). The van der Waals surface area contributed by atoms with Crippen LogP contribution in [-0.4, -0.2) is 45.9 Å². The van der Waals surface area contributed by atoms with Crippen molar-refractivity contribution in [3.05, 3.63) is 59.7 Å². The van der Waals surface area contributed by atoms with Gasteiger partial charge in [0.25, 0.3) is 11.8 Å². The van der Waals surface area contributed by atoms with Crippen LogP contribution in [0.2, 0.25) is 0 Å². The fourth-order valence-corrected chi connectivity index (χ4v) is 3.71. The van der Waals surface area contributed by atoms with E-state index in [1.807, 2.05) is 20.8 Å². The number of carbonyl (C=O) groups excluding carboxylic acids is 3. The number of amides is 2. The van der Waals surface area contributed by atoms with Crippen LogP contribution in [0.4, 0.5) is 5.69 Å². The number of anilines is 1. The molecule has 0 aliphatic carbocycles. The monoisotopic (exact) mass is 475 g/mol. The minimum atomic E-state index is -3.74. The van der Waals surface area contributed by atoms with Crippen LogP contribution in [0, 0.1) is 12.8 Å². The van der Waals surface area contributed by atoms with E-state index in [2.05, 4.69) is 15.4 Å². The molecule has 0 spiro atoms. The normalized spacial score (nSPS) is 11.2. The summed E-state index contributed by atoms with van der Waals surface area (Å²) >= 11 is 0. The van der Waals surface area contributed by atoms with E-state index in [0.29, 0.717) is 17.8 Å². The first-order valence-electron chi connectivity index (χ1n) is 10.5. The van der Waals surface area contributed by atoms with Gasteiger partial charge in [0.1, 0.15) is 0 Å². The summed E-state index contributed by atoms with van der Waals surface area (Å²) in [7, 11) is -3.74. The number of benzene rings is 2. The summed E-state index contributed by atoms with van der Waals surface area (Å²) in [6, 6.07) is 12.8. The van der Waals surface area contributed by atoms with Crippen molar-refractivity contribution in [2.45, 2.75) is 32.1 Å². The van der Waals surface area contributed by atoms with E-state index in [9.17, 15) is 22.8 Å². The van der Waals surface area contributed by atoms with Crippen LogP contribution in [0.3, 0.4) is 0 Å². The van der Waals surface area contributed by atoms with Gasteiger partial charge in [-0.2, -0.15) is 0 Å². The molecule has 0 saturated carbocycles. The molecule has 0 atom stereocenters. The summed E-state index contributed by atoms with van der Waals surface area (Å²) in [5, 5.41) is 5.33. The Labute approximate surface area is 194 Å². The lowest BCUT2D eigenvalue weighted by Crippen LogP contribution is -2.29. The maximum atomic E-state index is 12.3. The lowest BCUT2D eigenvalue weighted by molar-refractivity contribution is -0.147. The molecule has 3 N–H and O–H groups in total. The molecule has 10 heteroatoms. The van der Waals surface area contributed by atoms with Crippen LogP contribution in [0.25, 0.3) is 0 Å². The summed E-state index contributed by atoms with van der Waals surface area (Å²) in [5.41, 5.74) is 1.52. The number of hydrogen-bond donors (Lipinski definition) is 3. The smallest absolute Gasteiger partial charge is 0.307 e. The van der Waals surface area contributed by atoms with Crippen LogP contribution < -0.4 is 15.4 Å². The number of esters is 1. The number of sulfonamides is 1. The fraction of sp³-hybridized carbons (Fsp3) is 0.348. The zero-order chi connectivity index (χ0) is 24.4. The second-order valence-electron chi connectivity index (χ2n) is 7.82. The highest BCUT2D eigenvalue weighted by molar-refractivity contribution is 7.89. The molecule has 0 radical (unpaired) electrons. The van der Waals surface area contributed by atoms with E-state index in [1.165, 1.54) is 12.1 Å². The molecule has 2 aromatic rings. The van der Waals surface area contributed by atoms with Crippen LogP contribution >= 0.6 is 0 Å². The molecule has 178 valence electrons. The van der Waals surface area contributed by atoms with Crippen molar-refractivity contribution >= 4 is 33.5 Å². The van der Waals surface area contributed by atoms with E-state index in [1.54, 1.807) is 36.4 Å². The molecule has 0 bridgehead atoms. The first-order chi connectivity index (χ1) is 15.6. The van der Waals surface area contributed by atoms with Crippen molar-refractivity contribution in [3.8, 4) is 0 Å². The molecule has 0 saturated heterocycles. The summed E-state index contributed by atoms with van der Waals surface area (Å²) < 4.78 is 31.6. The lowest BCUT2D eigenvalue weighted by atomic mass is 10.1. The second-order valence-corrected chi connectivity index (χ2v) is 9.59. The number of hydrogen-bond acceptors (Lipinski definition) is 6. The Morgan fingerprint density at radius 2 is 1.67 bits per heavy atom. The Morgan fingerprint density at radius 1 is 1.00 bits per heavy atom. The van der Waals surface area contributed by atoms with Gasteiger partial charge in [0.05, 0.1) is 22.6 Å². The number of ether oxygens (including phenoxy) is 1. The van der Waals surface area contributed by atoms with Gasteiger partial charge in [0.15, 0.2) is 6.61 Å². The fourth-order valence-electron chi connectivity index (χ4n) is 2.67. The highest BCUT2D eigenvalue weighted by Crippen LogP contribution is 2.15. The summed E-state index contributed by atoms with van der Waals surface area (Å²) in [6.45, 7) is 5.54. The highest BCUT2D eigenvalue weighted by atomic mass is 32.2. The highest BCUT2D eigenvalue weighted by Gasteiger charge is 2.16. The molecular formula is C23H29N3O6S. The van der Waals surface area contributed by atoms with Crippen molar-refractivity contribution in [2.75, 3.05) is 25.0 Å². The van der Waals surface area contributed by atoms with E-state index in [-0.39, 0.29) is 29.7 Å². The maximum absolute atomic E-state index is 12.3. The van der Waals surface area contributed by atoms with Crippen molar-refractivity contribution in [3.63, 3.8) is 0 Å². The molecule has 0 aromatic heterocycles. The van der Waals surface area contributed by atoms with Gasteiger partial charge in [-0.15, -0.1) is 0 Å². The molecule has 2 amide bonds. The zero-order valence-corrected chi connectivity index (χ0v) is 19.7. The summed E-state index contributed by atoms with van der Waals surface area (Å²) in [4.78, 5) is 36.5. The van der Waals surface area contributed by atoms with Gasteiger partial charge < -0.3 is 15.4 Å². The van der Waals surface area contributed by atoms with Crippen molar-refractivity contribution in [2.24, 2.45) is 5.92 Å². The molecule has 2 aromatic carbocycles. The van der Waals surface area contributed by atoms with Crippen molar-refractivity contribution in [1.82, 2.24) is 10.0 Å². The molecule has 0 unspecified atom stereocenters. The van der Waals surface area contributed by atoms with Crippen LogP contribution in [0.5, 0.6) is 0 Å². The SMILES string of the molecule is Cc1ccc(S(=O)(=O)NCCC(=O)OCC(=O)Nc2ccccc2C(=O)NCC(C)C)cc1. The number of aryl methyl sites for hydroxylation is 1. The summed E-state index contributed by atoms with van der Waals surface area (Å²) in [5.74, 6) is -1.40. The Kier molecular flexibility index (Phi) is 9.56. The Balaban J connectivity index is 1.80. The third-order valence-corrected chi connectivity index (χ3v) is 5.91. The first-order valence-corrected chi connectivity index (χ1v) is 12.0. The quantitative estimate of drug-likeness (QED) is 0.427. The largest absolute Gasteiger partial charge is 0.456 e. The molecule has 33 heavy (non-hydrogen) atoms. The topological polar surface area (TPSA) is 131 Å². The molecule has 0 heterocycles. The minimum absolute atomic E-state index is 0.0944. The number of carbonyl (C=O) groups is 3. The predicted octanol–water partition coefficient (Wildman–Crippen LogP) is 2.23. The second kappa shape index (κ2) is 12.1. The molecule has 0 aliphatic rings. The predicted molar refractivity (Wildman–Crippen MR) is 124 cm³/mol. The molecule has 0 aliphatic heterocycles. The average molecular weight is 476 g/mol. The van der Waals surface area contributed by atoms with Crippen molar-refractivity contribution < 1.29 is 27.5 Å². The van der Waals surface area contributed by atoms with Crippen LogP contribution in [0.1, 0.15) is 36.2 Å². The van der Waals surface area contributed by atoms with Gasteiger partial charge in [-0.3, -0.25) is 14.4 Å². The van der Waals surface area contributed by atoms with Gasteiger partial charge in [0, 0.05) is 13.1 Å². The number of para-hydroxylation sites is 1. The van der Waals surface area contributed by atoms with E-state index >= 15 is 0 Å². The Bertz CT molecular complexity index is 1080. The van der Waals surface area contributed by atoms with E-state index in [0.717, 1.165) is 5.56 Å². The van der Waals surface area contributed by atoms with Gasteiger partial charge >= 0.3 is 5.97 Å². The third kappa shape index (κ3) is 8.66. The Morgan fingerprint density at radius 3 is 2.33 bits per heavy atom. The van der Waals surface area contributed by atoms with Crippen LogP contribution in [0.15, 0.2) is 53.4 Å².